The van der Waals surface area contributed by atoms with Crippen molar-refractivity contribution in [1.29, 1.82) is 0 Å². The number of imidazole rings is 1. The van der Waals surface area contributed by atoms with Crippen molar-refractivity contribution < 1.29 is 9.59 Å². The molecule has 0 spiro atoms. The van der Waals surface area contributed by atoms with Crippen LogP contribution in [-0.4, -0.2) is 25.9 Å². The minimum absolute atomic E-state index is 0.0703. The van der Waals surface area contributed by atoms with E-state index in [1.807, 2.05) is 144 Å². The topological polar surface area (TPSA) is 63.4 Å². The van der Waals surface area contributed by atoms with Gasteiger partial charge in [-0.3, -0.25) is 14.2 Å². The first-order valence-electron chi connectivity index (χ1n) is 13.3. The van der Waals surface area contributed by atoms with Crippen LogP contribution in [0.5, 0.6) is 0 Å². The van der Waals surface area contributed by atoms with Gasteiger partial charge in [-0.1, -0.05) is 84.9 Å². The maximum absolute atomic E-state index is 14.0. The fourth-order valence-corrected chi connectivity index (χ4v) is 5.33. The number of aryl methyl sites for hydroxylation is 1. The van der Waals surface area contributed by atoms with Crippen LogP contribution in [-0.2, 0) is 16.6 Å². The number of para-hydroxylation sites is 3. The van der Waals surface area contributed by atoms with Crippen LogP contribution < -0.4 is 10.0 Å². The third-order valence-electron chi connectivity index (χ3n) is 7.26. The molecule has 0 radical (unpaired) electrons. The summed E-state index contributed by atoms with van der Waals surface area (Å²) in [6.07, 6.45) is 1.68. The molecule has 1 aliphatic rings. The molecule has 4 aromatic carbocycles. The third kappa shape index (κ3) is 4.03. The maximum Gasteiger partial charge on any atom is 0.283 e. The Kier molecular flexibility index (Phi) is 5.83. The first-order valence-corrected chi connectivity index (χ1v) is 13.3. The van der Waals surface area contributed by atoms with E-state index in [0.717, 1.165) is 28.2 Å². The van der Waals surface area contributed by atoms with Gasteiger partial charge in [-0.05, 0) is 48.5 Å². The Balaban J connectivity index is 1.42. The highest BCUT2D eigenvalue weighted by molar-refractivity contribution is 6.38. The molecule has 41 heavy (non-hydrogen) atoms. The SMILES string of the molecule is Cn1c(-c2ccccc2)nc2c1cc(C=C1C(=O)N(c3ccccc3)N(c3ccccc3)C1=O)n2-c1ccccc1. The van der Waals surface area contributed by atoms with Crippen LogP contribution in [0, 0.1) is 0 Å². The number of rotatable bonds is 5. The van der Waals surface area contributed by atoms with Gasteiger partial charge in [-0.2, -0.15) is 0 Å². The fourth-order valence-electron chi connectivity index (χ4n) is 5.33. The van der Waals surface area contributed by atoms with Gasteiger partial charge in [0.2, 0.25) is 0 Å². The number of carbonyl (C=O) groups excluding carboxylic acids is 2. The molecule has 0 bridgehead atoms. The van der Waals surface area contributed by atoms with Gasteiger partial charge in [-0.15, -0.1) is 0 Å². The van der Waals surface area contributed by atoms with E-state index in [4.69, 9.17) is 4.98 Å². The summed E-state index contributed by atoms with van der Waals surface area (Å²) in [6.45, 7) is 0. The van der Waals surface area contributed by atoms with E-state index in [-0.39, 0.29) is 5.57 Å². The summed E-state index contributed by atoms with van der Waals surface area (Å²) >= 11 is 0. The van der Waals surface area contributed by atoms with Gasteiger partial charge in [0, 0.05) is 18.3 Å². The van der Waals surface area contributed by atoms with E-state index in [0.29, 0.717) is 17.1 Å². The van der Waals surface area contributed by atoms with Gasteiger partial charge in [0.25, 0.3) is 11.8 Å². The summed E-state index contributed by atoms with van der Waals surface area (Å²) in [4.78, 5) is 33.0. The van der Waals surface area contributed by atoms with Crippen molar-refractivity contribution >= 4 is 40.4 Å². The molecule has 2 aromatic heterocycles. The molecule has 1 fully saturated rings. The molecular weight excluding hydrogens is 510 g/mol. The molecule has 7 heteroatoms. The van der Waals surface area contributed by atoms with Gasteiger partial charge in [0.15, 0.2) is 5.65 Å². The van der Waals surface area contributed by atoms with Crippen molar-refractivity contribution in [3.05, 3.63) is 139 Å². The lowest BCUT2D eigenvalue weighted by molar-refractivity contribution is -0.116. The predicted molar refractivity (Wildman–Crippen MR) is 161 cm³/mol. The largest absolute Gasteiger partial charge is 0.326 e. The van der Waals surface area contributed by atoms with E-state index >= 15 is 0 Å². The summed E-state index contributed by atoms with van der Waals surface area (Å²) in [5.74, 6) is 0.0405. The van der Waals surface area contributed by atoms with E-state index < -0.39 is 11.8 Å². The van der Waals surface area contributed by atoms with E-state index in [9.17, 15) is 9.59 Å². The third-order valence-corrected chi connectivity index (χ3v) is 7.26. The number of aromatic nitrogens is 3. The molecule has 7 nitrogen and oxygen atoms in total. The minimum Gasteiger partial charge on any atom is -0.326 e. The van der Waals surface area contributed by atoms with Crippen LogP contribution in [0.25, 0.3) is 34.3 Å². The molecule has 1 saturated heterocycles. The Morgan fingerprint density at radius 2 is 1.07 bits per heavy atom. The van der Waals surface area contributed by atoms with Crippen LogP contribution in [0.2, 0.25) is 0 Å². The Morgan fingerprint density at radius 3 is 1.59 bits per heavy atom. The Labute approximate surface area is 236 Å². The summed E-state index contributed by atoms with van der Waals surface area (Å²) < 4.78 is 4.03. The van der Waals surface area contributed by atoms with Gasteiger partial charge in [-0.25, -0.2) is 15.0 Å². The highest BCUT2D eigenvalue weighted by Gasteiger charge is 2.43. The van der Waals surface area contributed by atoms with Crippen molar-refractivity contribution in [1.82, 2.24) is 14.1 Å². The average molecular weight is 536 g/mol. The lowest BCUT2D eigenvalue weighted by Crippen LogP contribution is -2.41. The van der Waals surface area contributed by atoms with Crippen molar-refractivity contribution in [2.24, 2.45) is 7.05 Å². The molecule has 7 rings (SSSR count). The molecule has 1 aliphatic heterocycles. The smallest absolute Gasteiger partial charge is 0.283 e. The number of amides is 2. The standard InChI is InChI=1S/C34H25N5O2/c1-36-30-23-28(37(25-16-8-3-9-17-25)32(30)35-31(36)24-14-6-2-7-15-24)22-29-33(40)38(26-18-10-4-11-19-26)39(34(29)41)27-20-12-5-13-21-27/h2-23H,1H3. The zero-order chi connectivity index (χ0) is 27.9. The molecule has 0 saturated carbocycles. The molecule has 198 valence electrons. The zero-order valence-electron chi connectivity index (χ0n) is 22.3. The monoisotopic (exact) mass is 535 g/mol. The van der Waals surface area contributed by atoms with Crippen molar-refractivity contribution in [3.63, 3.8) is 0 Å². The molecule has 6 aromatic rings. The second-order valence-corrected chi connectivity index (χ2v) is 9.77. The summed E-state index contributed by atoms with van der Waals surface area (Å²) in [6, 6.07) is 40.3. The van der Waals surface area contributed by atoms with Crippen LogP contribution in [0.1, 0.15) is 5.69 Å². The van der Waals surface area contributed by atoms with E-state index in [2.05, 4.69) is 0 Å². The number of nitrogens with zero attached hydrogens (tertiary/aromatic N) is 5. The number of hydrogen-bond donors (Lipinski definition) is 0. The number of anilines is 2. The molecule has 0 N–H and O–H groups in total. The average Bonchev–Trinajstić information content (AvgIpc) is 3.63. The first kappa shape index (κ1) is 24.4. The Bertz CT molecular complexity index is 1870. The Hall–Kier alpha value is -5.69. The number of hydrogen-bond acceptors (Lipinski definition) is 3. The lowest BCUT2D eigenvalue weighted by Gasteiger charge is -2.27. The zero-order valence-corrected chi connectivity index (χ0v) is 22.3. The van der Waals surface area contributed by atoms with Crippen LogP contribution in [0.15, 0.2) is 133 Å². The minimum atomic E-state index is -0.396. The highest BCUT2D eigenvalue weighted by Crippen LogP contribution is 2.34. The molecular formula is C34H25N5O2. The van der Waals surface area contributed by atoms with Crippen molar-refractivity contribution in [2.45, 2.75) is 0 Å². The van der Waals surface area contributed by atoms with Gasteiger partial charge >= 0.3 is 0 Å². The predicted octanol–water partition coefficient (Wildman–Crippen LogP) is 6.41. The normalized spacial score (nSPS) is 13.4. The second-order valence-electron chi connectivity index (χ2n) is 9.77. The van der Waals surface area contributed by atoms with Crippen molar-refractivity contribution in [2.75, 3.05) is 10.0 Å². The number of benzene rings is 4. The first-order chi connectivity index (χ1) is 20.1. The number of carbonyl (C=O) groups is 2. The van der Waals surface area contributed by atoms with Gasteiger partial charge in [0.1, 0.15) is 11.4 Å². The van der Waals surface area contributed by atoms with Gasteiger partial charge < -0.3 is 4.57 Å². The summed E-state index contributed by atoms with van der Waals surface area (Å²) in [5, 5.41) is 2.87. The van der Waals surface area contributed by atoms with E-state index in [1.54, 1.807) is 6.08 Å². The Morgan fingerprint density at radius 1 is 0.610 bits per heavy atom. The molecule has 2 amide bonds. The second kappa shape index (κ2) is 9.81. The fraction of sp³-hybridized carbons (Fsp3) is 0.0294. The van der Waals surface area contributed by atoms with Crippen LogP contribution in [0.4, 0.5) is 11.4 Å². The summed E-state index contributed by atoms with van der Waals surface area (Å²) in [7, 11) is 1.98. The van der Waals surface area contributed by atoms with Crippen molar-refractivity contribution in [3.8, 4) is 17.1 Å². The number of hydrazine groups is 1. The maximum atomic E-state index is 14.0. The van der Waals surface area contributed by atoms with Crippen LogP contribution >= 0.6 is 0 Å². The molecule has 0 aliphatic carbocycles. The van der Waals surface area contributed by atoms with E-state index in [1.165, 1.54) is 10.0 Å². The quantitative estimate of drug-likeness (QED) is 0.189. The lowest BCUT2D eigenvalue weighted by atomic mass is 10.2. The molecule has 0 atom stereocenters. The highest BCUT2D eigenvalue weighted by atomic mass is 16.2. The molecule has 3 heterocycles. The van der Waals surface area contributed by atoms with Crippen LogP contribution in [0.3, 0.4) is 0 Å². The number of fused-ring (bicyclic) bond motifs is 1. The molecule has 0 unspecified atom stereocenters. The van der Waals surface area contributed by atoms with Gasteiger partial charge in [0.05, 0.1) is 22.6 Å². The summed E-state index contributed by atoms with van der Waals surface area (Å²) in [5.41, 5.74) is 5.48.